The SMILES string of the molecule is O[C@H](CCl)c1cc(C(F)(F)F)ccc1Cl. The van der Waals surface area contributed by atoms with E-state index in [1.54, 1.807) is 0 Å². The molecule has 1 N–H and O–H groups in total. The number of aliphatic hydroxyl groups is 1. The second kappa shape index (κ2) is 4.60. The number of hydrogen-bond donors (Lipinski definition) is 1. The normalized spacial score (nSPS) is 14.0. The Morgan fingerprint density at radius 3 is 2.40 bits per heavy atom. The largest absolute Gasteiger partial charge is 0.416 e. The molecule has 1 rings (SSSR count). The van der Waals surface area contributed by atoms with E-state index in [-0.39, 0.29) is 16.5 Å². The molecule has 6 heteroatoms. The predicted molar refractivity (Wildman–Crippen MR) is 52.1 cm³/mol. The molecule has 1 nitrogen and oxygen atoms in total. The molecule has 0 amide bonds. The molecule has 0 aliphatic rings. The van der Waals surface area contributed by atoms with Crippen molar-refractivity contribution in [3.8, 4) is 0 Å². The first-order chi connectivity index (χ1) is 6.86. The third-order valence-corrected chi connectivity index (χ3v) is 2.47. The summed E-state index contributed by atoms with van der Waals surface area (Å²) in [5.41, 5.74) is -0.868. The number of rotatable bonds is 2. The van der Waals surface area contributed by atoms with Gasteiger partial charge in [-0.2, -0.15) is 13.2 Å². The van der Waals surface area contributed by atoms with Gasteiger partial charge in [-0.15, -0.1) is 11.6 Å². The van der Waals surface area contributed by atoms with Gasteiger partial charge in [-0.1, -0.05) is 11.6 Å². The highest BCUT2D eigenvalue weighted by atomic mass is 35.5. The molecule has 1 aromatic carbocycles. The van der Waals surface area contributed by atoms with Crippen LogP contribution >= 0.6 is 23.2 Å². The Balaban J connectivity index is 3.17. The molecule has 1 aromatic rings. The van der Waals surface area contributed by atoms with Crippen LogP contribution in [0.5, 0.6) is 0 Å². The van der Waals surface area contributed by atoms with E-state index in [2.05, 4.69) is 0 Å². The van der Waals surface area contributed by atoms with Crippen LogP contribution in [-0.2, 0) is 6.18 Å². The van der Waals surface area contributed by atoms with Gasteiger partial charge in [0.15, 0.2) is 0 Å². The summed E-state index contributed by atoms with van der Waals surface area (Å²) < 4.78 is 36.9. The van der Waals surface area contributed by atoms with Gasteiger partial charge in [-0.25, -0.2) is 0 Å². The quantitative estimate of drug-likeness (QED) is 0.804. The Labute approximate surface area is 94.4 Å². The average Bonchev–Trinajstić information content (AvgIpc) is 2.15. The lowest BCUT2D eigenvalue weighted by Gasteiger charge is -2.13. The van der Waals surface area contributed by atoms with E-state index in [1.807, 2.05) is 0 Å². The molecule has 1 atom stereocenters. The molecular weight excluding hydrogens is 252 g/mol. The summed E-state index contributed by atoms with van der Waals surface area (Å²) in [5, 5.41) is 9.38. The minimum absolute atomic E-state index is 0.0125. The lowest BCUT2D eigenvalue weighted by molar-refractivity contribution is -0.137. The highest BCUT2D eigenvalue weighted by Gasteiger charge is 2.31. The summed E-state index contributed by atoms with van der Waals surface area (Å²) >= 11 is 11.0. The van der Waals surface area contributed by atoms with Crippen LogP contribution in [0.3, 0.4) is 0 Å². The number of benzene rings is 1. The van der Waals surface area contributed by atoms with Crippen molar-refractivity contribution in [2.75, 3.05) is 5.88 Å². The summed E-state index contributed by atoms with van der Waals surface area (Å²) in [6.45, 7) is 0. The zero-order valence-corrected chi connectivity index (χ0v) is 8.87. The van der Waals surface area contributed by atoms with Crippen LogP contribution in [0, 0.1) is 0 Å². The Morgan fingerprint density at radius 1 is 1.33 bits per heavy atom. The minimum atomic E-state index is -4.45. The van der Waals surface area contributed by atoms with Crippen LogP contribution in [0.2, 0.25) is 5.02 Å². The Hall–Kier alpha value is -0.450. The lowest BCUT2D eigenvalue weighted by Crippen LogP contribution is -2.08. The molecule has 0 radical (unpaired) electrons. The van der Waals surface area contributed by atoms with Gasteiger partial charge in [0.05, 0.1) is 17.5 Å². The van der Waals surface area contributed by atoms with Gasteiger partial charge in [0.2, 0.25) is 0 Å². The second-order valence-corrected chi connectivity index (χ2v) is 3.62. The van der Waals surface area contributed by atoms with Crippen LogP contribution in [0.4, 0.5) is 13.2 Å². The van der Waals surface area contributed by atoms with Crippen molar-refractivity contribution < 1.29 is 18.3 Å². The third kappa shape index (κ3) is 3.00. The zero-order chi connectivity index (χ0) is 11.6. The van der Waals surface area contributed by atoms with Crippen LogP contribution in [0.1, 0.15) is 17.2 Å². The molecule has 84 valence electrons. The molecule has 0 aliphatic heterocycles. The van der Waals surface area contributed by atoms with Gasteiger partial charge in [-0.3, -0.25) is 0 Å². The Bertz CT molecular complexity index is 352. The number of halogens is 5. The van der Waals surface area contributed by atoms with Crippen molar-refractivity contribution in [1.82, 2.24) is 0 Å². The van der Waals surface area contributed by atoms with Crippen LogP contribution < -0.4 is 0 Å². The number of aliphatic hydroxyl groups excluding tert-OH is 1. The number of alkyl halides is 4. The van der Waals surface area contributed by atoms with Crippen molar-refractivity contribution in [2.24, 2.45) is 0 Å². The molecule has 0 heterocycles. The fraction of sp³-hybridized carbons (Fsp3) is 0.333. The molecule has 0 fully saturated rings. The second-order valence-electron chi connectivity index (χ2n) is 2.90. The predicted octanol–water partition coefficient (Wildman–Crippen LogP) is 3.63. The maximum absolute atomic E-state index is 12.3. The molecule has 0 bridgehead atoms. The van der Waals surface area contributed by atoms with E-state index in [4.69, 9.17) is 23.2 Å². The summed E-state index contributed by atoms with van der Waals surface area (Å²) in [5.74, 6) is -0.207. The molecular formula is C9H7Cl2F3O. The molecule has 0 unspecified atom stereocenters. The maximum Gasteiger partial charge on any atom is 0.416 e. The van der Waals surface area contributed by atoms with Gasteiger partial charge >= 0.3 is 6.18 Å². The van der Waals surface area contributed by atoms with Crippen molar-refractivity contribution in [2.45, 2.75) is 12.3 Å². The standard InChI is InChI=1S/C9H7Cl2F3O/c10-4-8(15)6-3-5(9(12,13)14)1-2-7(6)11/h1-3,8,15H,4H2/t8-/m1/s1. The van der Waals surface area contributed by atoms with E-state index in [9.17, 15) is 18.3 Å². The van der Waals surface area contributed by atoms with Crippen molar-refractivity contribution >= 4 is 23.2 Å². The molecule has 0 saturated carbocycles. The summed E-state index contributed by atoms with van der Waals surface area (Å²) in [6, 6.07) is 2.75. The van der Waals surface area contributed by atoms with Gasteiger partial charge in [0, 0.05) is 10.6 Å². The lowest BCUT2D eigenvalue weighted by atomic mass is 10.1. The molecule has 0 aliphatic carbocycles. The van der Waals surface area contributed by atoms with E-state index >= 15 is 0 Å². The van der Waals surface area contributed by atoms with Crippen molar-refractivity contribution in [1.29, 1.82) is 0 Å². The molecule has 15 heavy (non-hydrogen) atoms. The fourth-order valence-electron chi connectivity index (χ4n) is 1.06. The summed E-state index contributed by atoms with van der Waals surface area (Å²) in [6.07, 6.45) is -5.65. The van der Waals surface area contributed by atoms with Gasteiger partial charge in [-0.05, 0) is 18.2 Å². The molecule has 0 spiro atoms. The Morgan fingerprint density at radius 2 is 1.93 bits per heavy atom. The van der Waals surface area contributed by atoms with E-state index in [0.29, 0.717) is 0 Å². The van der Waals surface area contributed by atoms with Crippen molar-refractivity contribution in [3.63, 3.8) is 0 Å². The first kappa shape index (κ1) is 12.6. The smallest absolute Gasteiger partial charge is 0.387 e. The van der Waals surface area contributed by atoms with E-state index in [1.165, 1.54) is 0 Å². The Kier molecular flexibility index (Phi) is 3.87. The zero-order valence-electron chi connectivity index (χ0n) is 7.35. The highest BCUT2D eigenvalue weighted by molar-refractivity contribution is 6.31. The topological polar surface area (TPSA) is 20.2 Å². The molecule has 0 saturated heterocycles. The minimum Gasteiger partial charge on any atom is -0.387 e. The average molecular weight is 259 g/mol. The fourth-order valence-corrected chi connectivity index (χ4v) is 1.47. The van der Waals surface area contributed by atoms with Gasteiger partial charge < -0.3 is 5.11 Å². The van der Waals surface area contributed by atoms with Gasteiger partial charge in [0.1, 0.15) is 0 Å². The van der Waals surface area contributed by atoms with Crippen LogP contribution in [0.15, 0.2) is 18.2 Å². The monoisotopic (exact) mass is 258 g/mol. The highest BCUT2D eigenvalue weighted by Crippen LogP contribution is 2.33. The van der Waals surface area contributed by atoms with Crippen LogP contribution in [-0.4, -0.2) is 11.0 Å². The summed E-state index contributed by atoms with van der Waals surface area (Å²) in [7, 11) is 0. The van der Waals surface area contributed by atoms with E-state index in [0.717, 1.165) is 18.2 Å². The molecule has 0 aromatic heterocycles. The van der Waals surface area contributed by atoms with E-state index < -0.39 is 17.8 Å². The first-order valence-electron chi connectivity index (χ1n) is 3.97. The number of hydrogen-bond acceptors (Lipinski definition) is 1. The van der Waals surface area contributed by atoms with Gasteiger partial charge in [0.25, 0.3) is 0 Å². The van der Waals surface area contributed by atoms with Crippen LogP contribution in [0.25, 0.3) is 0 Å². The maximum atomic E-state index is 12.3. The first-order valence-corrected chi connectivity index (χ1v) is 4.88. The third-order valence-electron chi connectivity index (χ3n) is 1.83. The van der Waals surface area contributed by atoms with Crippen molar-refractivity contribution in [3.05, 3.63) is 34.3 Å². The summed E-state index contributed by atoms with van der Waals surface area (Å²) in [4.78, 5) is 0.